The van der Waals surface area contributed by atoms with Crippen molar-refractivity contribution in [2.45, 2.75) is 25.3 Å². The Morgan fingerprint density at radius 3 is 2.95 bits per heavy atom. The number of nitrogens with zero attached hydrogens (tertiary/aromatic N) is 2. The molecule has 0 saturated heterocycles. The molecule has 2 N–H and O–H groups in total. The number of halogens is 1. The highest BCUT2D eigenvalue weighted by molar-refractivity contribution is 6.30. The maximum Gasteiger partial charge on any atom is 0.224 e. The Kier molecular flexibility index (Phi) is 4.02. The average molecular weight is 289 g/mol. The highest BCUT2D eigenvalue weighted by Gasteiger charge is 2.21. The van der Waals surface area contributed by atoms with Gasteiger partial charge >= 0.3 is 0 Å². The molecular weight excluding hydrogens is 272 g/mol. The van der Waals surface area contributed by atoms with Gasteiger partial charge in [0.15, 0.2) is 0 Å². The van der Waals surface area contributed by atoms with Crippen molar-refractivity contribution in [2.24, 2.45) is 0 Å². The molecule has 0 spiro atoms. The van der Waals surface area contributed by atoms with Gasteiger partial charge in [-0.15, -0.1) is 0 Å². The number of rotatable bonds is 6. The summed E-state index contributed by atoms with van der Waals surface area (Å²) in [4.78, 5) is 8.67. The smallest absolute Gasteiger partial charge is 0.224 e. The van der Waals surface area contributed by atoms with Crippen LogP contribution in [-0.2, 0) is 6.42 Å². The van der Waals surface area contributed by atoms with E-state index in [1.165, 1.54) is 18.4 Å². The Labute approximate surface area is 123 Å². The van der Waals surface area contributed by atoms with Gasteiger partial charge < -0.3 is 10.6 Å². The van der Waals surface area contributed by atoms with Gasteiger partial charge in [0.2, 0.25) is 5.95 Å². The van der Waals surface area contributed by atoms with Crippen molar-refractivity contribution in [2.75, 3.05) is 17.2 Å². The second kappa shape index (κ2) is 6.09. The van der Waals surface area contributed by atoms with Gasteiger partial charge in [-0.2, -0.15) is 4.98 Å². The zero-order valence-corrected chi connectivity index (χ0v) is 11.9. The Bertz CT molecular complexity index is 584. The minimum Gasteiger partial charge on any atom is -0.367 e. The van der Waals surface area contributed by atoms with E-state index < -0.39 is 0 Å². The first-order chi connectivity index (χ1) is 9.79. The highest BCUT2D eigenvalue weighted by Crippen LogP contribution is 2.23. The molecule has 4 nitrogen and oxygen atoms in total. The van der Waals surface area contributed by atoms with Crippen molar-refractivity contribution >= 4 is 23.4 Å². The van der Waals surface area contributed by atoms with Crippen LogP contribution in [-0.4, -0.2) is 22.6 Å². The Morgan fingerprint density at radius 1 is 1.25 bits per heavy atom. The Morgan fingerprint density at radius 2 is 2.15 bits per heavy atom. The van der Waals surface area contributed by atoms with E-state index in [-0.39, 0.29) is 0 Å². The van der Waals surface area contributed by atoms with Crippen LogP contribution in [0.1, 0.15) is 18.4 Å². The SMILES string of the molecule is Clc1cccc(CCNc2nccc(NC3CC3)n2)c1. The van der Waals surface area contributed by atoms with Crippen LogP contribution in [0.4, 0.5) is 11.8 Å². The van der Waals surface area contributed by atoms with Crippen LogP contribution >= 0.6 is 11.6 Å². The summed E-state index contributed by atoms with van der Waals surface area (Å²) in [6.07, 6.45) is 5.15. The quantitative estimate of drug-likeness (QED) is 0.856. The van der Waals surface area contributed by atoms with E-state index in [1.54, 1.807) is 6.20 Å². The van der Waals surface area contributed by atoms with E-state index in [9.17, 15) is 0 Å². The largest absolute Gasteiger partial charge is 0.367 e. The van der Waals surface area contributed by atoms with Gasteiger partial charge in [0.05, 0.1) is 0 Å². The molecule has 0 bridgehead atoms. The third-order valence-corrected chi connectivity index (χ3v) is 3.41. The van der Waals surface area contributed by atoms with Gasteiger partial charge in [-0.1, -0.05) is 23.7 Å². The number of hydrogen-bond acceptors (Lipinski definition) is 4. The van der Waals surface area contributed by atoms with Crippen LogP contribution in [0.3, 0.4) is 0 Å². The summed E-state index contributed by atoms with van der Waals surface area (Å²) in [6, 6.07) is 10.4. The van der Waals surface area contributed by atoms with Crippen LogP contribution in [0.15, 0.2) is 36.5 Å². The van der Waals surface area contributed by atoms with Crippen molar-refractivity contribution in [1.29, 1.82) is 0 Å². The predicted molar refractivity (Wildman–Crippen MR) is 82.3 cm³/mol. The summed E-state index contributed by atoms with van der Waals surface area (Å²) in [5.74, 6) is 1.56. The van der Waals surface area contributed by atoms with E-state index in [4.69, 9.17) is 11.6 Å². The van der Waals surface area contributed by atoms with Crippen molar-refractivity contribution in [1.82, 2.24) is 9.97 Å². The molecule has 20 heavy (non-hydrogen) atoms. The molecule has 1 aromatic carbocycles. The lowest BCUT2D eigenvalue weighted by molar-refractivity contribution is 0.979. The van der Waals surface area contributed by atoms with Gasteiger partial charge in [0, 0.05) is 23.8 Å². The molecule has 0 radical (unpaired) electrons. The summed E-state index contributed by atoms with van der Waals surface area (Å²) in [5, 5.41) is 7.38. The van der Waals surface area contributed by atoms with Crippen molar-refractivity contribution in [3.63, 3.8) is 0 Å². The molecule has 0 aliphatic heterocycles. The van der Waals surface area contributed by atoms with Crippen molar-refractivity contribution < 1.29 is 0 Å². The number of aromatic nitrogens is 2. The monoisotopic (exact) mass is 288 g/mol. The fourth-order valence-electron chi connectivity index (χ4n) is 1.97. The Balaban J connectivity index is 1.52. The molecule has 1 aromatic heterocycles. The molecule has 3 rings (SSSR count). The summed E-state index contributed by atoms with van der Waals surface area (Å²) >= 11 is 5.96. The average Bonchev–Trinajstić information content (AvgIpc) is 3.23. The van der Waals surface area contributed by atoms with E-state index in [1.807, 2.05) is 24.3 Å². The van der Waals surface area contributed by atoms with Crippen LogP contribution in [0.5, 0.6) is 0 Å². The molecule has 0 amide bonds. The number of benzene rings is 1. The molecule has 0 atom stereocenters. The zero-order chi connectivity index (χ0) is 13.8. The minimum atomic E-state index is 0.601. The molecule has 1 heterocycles. The van der Waals surface area contributed by atoms with Crippen LogP contribution < -0.4 is 10.6 Å². The molecule has 104 valence electrons. The zero-order valence-electron chi connectivity index (χ0n) is 11.1. The predicted octanol–water partition coefficient (Wildman–Crippen LogP) is 3.36. The van der Waals surface area contributed by atoms with E-state index in [0.717, 1.165) is 23.8 Å². The topological polar surface area (TPSA) is 49.8 Å². The van der Waals surface area contributed by atoms with Crippen LogP contribution in [0.25, 0.3) is 0 Å². The van der Waals surface area contributed by atoms with Crippen molar-refractivity contribution in [3.8, 4) is 0 Å². The molecule has 1 saturated carbocycles. The van der Waals surface area contributed by atoms with E-state index in [0.29, 0.717) is 12.0 Å². The van der Waals surface area contributed by atoms with Gasteiger partial charge in [-0.25, -0.2) is 4.98 Å². The first-order valence-electron chi connectivity index (χ1n) is 6.87. The van der Waals surface area contributed by atoms with E-state index in [2.05, 4.69) is 26.7 Å². The second-order valence-electron chi connectivity index (χ2n) is 4.99. The summed E-state index contributed by atoms with van der Waals surface area (Å²) in [7, 11) is 0. The number of nitrogens with one attached hydrogen (secondary N) is 2. The second-order valence-corrected chi connectivity index (χ2v) is 5.43. The minimum absolute atomic E-state index is 0.601. The molecular formula is C15H17ClN4. The standard InChI is InChI=1S/C15H17ClN4/c16-12-3-1-2-11(10-12)6-8-17-15-18-9-7-14(20-15)19-13-4-5-13/h1-3,7,9-10,13H,4-6,8H2,(H2,17,18,19,20). The summed E-state index contributed by atoms with van der Waals surface area (Å²) in [6.45, 7) is 0.785. The summed E-state index contributed by atoms with van der Waals surface area (Å²) in [5.41, 5.74) is 1.21. The molecule has 1 fully saturated rings. The molecule has 2 aromatic rings. The molecule has 1 aliphatic carbocycles. The molecule has 5 heteroatoms. The third kappa shape index (κ3) is 3.84. The highest BCUT2D eigenvalue weighted by atomic mass is 35.5. The Hall–Kier alpha value is -1.81. The third-order valence-electron chi connectivity index (χ3n) is 3.17. The van der Waals surface area contributed by atoms with Gasteiger partial charge in [-0.3, -0.25) is 0 Å². The fraction of sp³-hybridized carbons (Fsp3) is 0.333. The molecule has 1 aliphatic rings. The maximum absolute atomic E-state index is 5.96. The normalized spacial score (nSPS) is 14.1. The fourth-order valence-corrected chi connectivity index (χ4v) is 2.19. The molecule has 0 unspecified atom stereocenters. The van der Waals surface area contributed by atoms with E-state index >= 15 is 0 Å². The number of anilines is 2. The lowest BCUT2D eigenvalue weighted by Gasteiger charge is -2.07. The lowest BCUT2D eigenvalue weighted by atomic mass is 10.1. The number of hydrogen-bond donors (Lipinski definition) is 2. The maximum atomic E-state index is 5.96. The van der Waals surface area contributed by atoms with Gasteiger partial charge in [-0.05, 0) is 43.0 Å². The first-order valence-corrected chi connectivity index (χ1v) is 7.25. The van der Waals surface area contributed by atoms with Gasteiger partial charge in [0.1, 0.15) is 5.82 Å². The first kappa shape index (κ1) is 13.2. The van der Waals surface area contributed by atoms with Crippen LogP contribution in [0, 0.1) is 0 Å². The lowest BCUT2D eigenvalue weighted by Crippen LogP contribution is -2.10. The summed E-state index contributed by atoms with van der Waals surface area (Å²) < 4.78 is 0. The van der Waals surface area contributed by atoms with Crippen molar-refractivity contribution in [3.05, 3.63) is 47.1 Å². The van der Waals surface area contributed by atoms with Crippen LogP contribution in [0.2, 0.25) is 5.02 Å². The van der Waals surface area contributed by atoms with Gasteiger partial charge in [0.25, 0.3) is 0 Å².